The number of benzene rings is 2. The third-order valence-corrected chi connectivity index (χ3v) is 4.15. The topological polar surface area (TPSA) is 109 Å². The first-order valence-electron chi connectivity index (χ1n) is 4.67. The maximum Gasteiger partial charge on any atom is 0.295 e. The van der Waals surface area contributed by atoms with Gasteiger partial charge in [0.15, 0.2) is 0 Å². The molecule has 112 valence electrons. The Balaban J connectivity index is 0.00000180. The quantitative estimate of drug-likeness (QED) is 0.794. The van der Waals surface area contributed by atoms with Crippen molar-refractivity contribution in [1.29, 1.82) is 0 Å². The van der Waals surface area contributed by atoms with Crippen molar-refractivity contribution in [1.82, 2.24) is 0 Å². The summed E-state index contributed by atoms with van der Waals surface area (Å²) in [5.74, 6) is 0. The zero-order valence-electron chi connectivity index (χ0n) is 9.62. The molecule has 20 heavy (non-hydrogen) atoms. The van der Waals surface area contributed by atoms with Gasteiger partial charge in [-0.3, -0.25) is 9.11 Å². The number of fused-ring (bicyclic) bond motifs is 1. The summed E-state index contributed by atoms with van der Waals surface area (Å²) < 4.78 is 62.0. The predicted octanol–water partition coefficient (Wildman–Crippen LogP) is 2.18. The van der Waals surface area contributed by atoms with Crippen LogP contribution >= 0.6 is 24.8 Å². The normalized spacial score (nSPS) is 11.5. The molecule has 2 N–H and O–H groups in total. The average molecular weight is 361 g/mol. The summed E-state index contributed by atoms with van der Waals surface area (Å²) in [5.41, 5.74) is 0. The molecular weight excluding hydrogens is 351 g/mol. The van der Waals surface area contributed by atoms with Crippen LogP contribution in [0, 0.1) is 0 Å². The Labute approximate surface area is 128 Å². The van der Waals surface area contributed by atoms with Crippen molar-refractivity contribution >= 4 is 55.8 Å². The van der Waals surface area contributed by atoms with E-state index in [1.807, 2.05) is 0 Å². The summed E-state index contributed by atoms with van der Waals surface area (Å²) >= 11 is 0. The van der Waals surface area contributed by atoms with Gasteiger partial charge in [0.2, 0.25) is 0 Å². The van der Waals surface area contributed by atoms with E-state index < -0.39 is 20.2 Å². The lowest BCUT2D eigenvalue weighted by Crippen LogP contribution is -2.01. The molecule has 0 saturated heterocycles. The van der Waals surface area contributed by atoms with Gasteiger partial charge in [-0.25, -0.2) is 0 Å². The van der Waals surface area contributed by atoms with E-state index in [9.17, 15) is 16.8 Å². The molecule has 6 nitrogen and oxygen atoms in total. The van der Waals surface area contributed by atoms with Crippen molar-refractivity contribution in [3.8, 4) is 0 Å². The lowest BCUT2D eigenvalue weighted by Gasteiger charge is -2.05. The van der Waals surface area contributed by atoms with Crippen LogP contribution in [0.3, 0.4) is 0 Å². The lowest BCUT2D eigenvalue weighted by molar-refractivity contribution is 0.482. The average Bonchev–Trinajstić information content (AvgIpc) is 2.25. The lowest BCUT2D eigenvalue weighted by atomic mass is 10.1. The molecule has 0 bridgehead atoms. The molecule has 10 heteroatoms. The zero-order valence-corrected chi connectivity index (χ0v) is 12.9. The maximum atomic E-state index is 11.1. The molecule has 0 aliphatic carbocycles. The summed E-state index contributed by atoms with van der Waals surface area (Å²) in [6, 6.07) is 7.43. The van der Waals surface area contributed by atoms with E-state index >= 15 is 0 Å². The maximum absolute atomic E-state index is 11.1. The summed E-state index contributed by atoms with van der Waals surface area (Å²) in [7, 11) is -8.74. The van der Waals surface area contributed by atoms with Gasteiger partial charge < -0.3 is 0 Å². The Morgan fingerprint density at radius 3 is 1.90 bits per heavy atom. The van der Waals surface area contributed by atoms with Crippen LogP contribution in [-0.4, -0.2) is 25.9 Å². The number of hydrogen-bond donors (Lipinski definition) is 2. The molecule has 2 aromatic rings. The molecule has 0 amide bonds. The van der Waals surface area contributed by atoms with Crippen LogP contribution in [-0.2, 0) is 20.2 Å². The highest BCUT2D eigenvalue weighted by Crippen LogP contribution is 2.25. The summed E-state index contributed by atoms with van der Waals surface area (Å²) in [6.07, 6.45) is 0. The Morgan fingerprint density at radius 2 is 1.40 bits per heavy atom. The van der Waals surface area contributed by atoms with Gasteiger partial charge in [-0.15, -0.1) is 24.8 Å². The molecule has 2 aromatic carbocycles. The summed E-state index contributed by atoms with van der Waals surface area (Å²) in [6.45, 7) is 0. The van der Waals surface area contributed by atoms with Gasteiger partial charge in [0.25, 0.3) is 20.2 Å². The molecule has 0 heterocycles. The predicted molar refractivity (Wildman–Crippen MR) is 78.1 cm³/mol. The second kappa shape index (κ2) is 6.25. The highest BCUT2D eigenvalue weighted by Gasteiger charge is 2.16. The van der Waals surface area contributed by atoms with Crippen LogP contribution < -0.4 is 0 Å². The highest BCUT2D eigenvalue weighted by atomic mass is 35.5. The minimum absolute atomic E-state index is 0. The fourth-order valence-electron chi connectivity index (χ4n) is 1.62. The van der Waals surface area contributed by atoms with Crippen molar-refractivity contribution in [2.75, 3.05) is 0 Å². The summed E-state index contributed by atoms with van der Waals surface area (Å²) in [4.78, 5) is -0.663. The number of hydrogen-bond acceptors (Lipinski definition) is 4. The third kappa shape index (κ3) is 3.81. The van der Waals surface area contributed by atoms with E-state index in [1.165, 1.54) is 24.3 Å². The molecule has 2 rings (SSSR count). The first-order chi connectivity index (χ1) is 8.19. The molecule has 0 aromatic heterocycles. The molecule has 0 aliphatic heterocycles. The van der Waals surface area contributed by atoms with E-state index in [1.54, 1.807) is 0 Å². The van der Waals surface area contributed by atoms with E-state index in [2.05, 4.69) is 0 Å². The van der Waals surface area contributed by atoms with Gasteiger partial charge in [0.05, 0.1) is 4.90 Å². The van der Waals surface area contributed by atoms with Crippen LogP contribution in [0.1, 0.15) is 0 Å². The SMILES string of the molecule is Cl.Cl.O=S(=O)(O)c1ccc2c(S(=O)(=O)O)cccc2c1. The smallest absolute Gasteiger partial charge is 0.282 e. The Kier molecular flexibility index (Phi) is 5.97. The van der Waals surface area contributed by atoms with Gasteiger partial charge in [0.1, 0.15) is 4.90 Å². The van der Waals surface area contributed by atoms with Crippen molar-refractivity contribution in [2.45, 2.75) is 9.79 Å². The van der Waals surface area contributed by atoms with Crippen molar-refractivity contribution < 1.29 is 25.9 Å². The fraction of sp³-hybridized carbons (Fsp3) is 0. The van der Waals surface area contributed by atoms with Gasteiger partial charge >= 0.3 is 0 Å². The van der Waals surface area contributed by atoms with E-state index in [4.69, 9.17) is 9.11 Å². The molecule has 0 aliphatic rings. The molecule has 0 unspecified atom stereocenters. The van der Waals surface area contributed by atoms with Crippen molar-refractivity contribution in [3.05, 3.63) is 36.4 Å². The summed E-state index contributed by atoms with van der Waals surface area (Å²) in [5, 5.41) is 0.452. The molecular formula is C10H10Cl2O6S2. The minimum Gasteiger partial charge on any atom is -0.282 e. The zero-order chi connectivity index (χ0) is 13.6. The Hall–Kier alpha value is -0.900. The first-order valence-corrected chi connectivity index (χ1v) is 7.55. The Bertz CT molecular complexity index is 830. The second-order valence-electron chi connectivity index (χ2n) is 3.59. The van der Waals surface area contributed by atoms with E-state index in [-0.39, 0.29) is 45.4 Å². The van der Waals surface area contributed by atoms with Gasteiger partial charge in [0, 0.05) is 5.39 Å². The fourth-order valence-corrected chi connectivity index (χ4v) is 2.85. The monoisotopic (exact) mass is 360 g/mol. The van der Waals surface area contributed by atoms with Crippen LogP contribution in [0.5, 0.6) is 0 Å². The molecule has 0 spiro atoms. The highest BCUT2D eigenvalue weighted by molar-refractivity contribution is 7.86. The molecule has 0 fully saturated rings. The molecule has 0 atom stereocenters. The van der Waals surface area contributed by atoms with Crippen molar-refractivity contribution in [3.63, 3.8) is 0 Å². The van der Waals surface area contributed by atoms with Crippen molar-refractivity contribution in [2.24, 2.45) is 0 Å². The van der Waals surface area contributed by atoms with Crippen LogP contribution in [0.4, 0.5) is 0 Å². The first kappa shape index (κ1) is 19.1. The standard InChI is InChI=1S/C10H8O6S2.2ClH/c11-17(12,13)8-4-5-9-7(6-8)2-1-3-10(9)18(14,15)16;;/h1-6H,(H,11,12,13)(H,14,15,16);2*1H. The van der Waals surface area contributed by atoms with Crippen LogP contribution in [0.15, 0.2) is 46.2 Å². The van der Waals surface area contributed by atoms with Crippen LogP contribution in [0.25, 0.3) is 10.8 Å². The van der Waals surface area contributed by atoms with Crippen LogP contribution in [0.2, 0.25) is 0 Å². The Morgan fingerprint density at radius 1 is 0.800 bits per heavy atom. The van der Waals surface area contributed by atoms with E-state index in [0.717, 1.165) is 12.1 Å². The second-order valence-corrected chi connectivity index (χ2v) is 6.40. The minimum atomic E-state index is -4.39. The van der Waals surface area contributed by atoms with Gasteiger partial charge in [-0.05, 0) is 23.6 Å². The number of rotatable bonds is 2. The molecule has 0 saturated carbocycles. The third-order valence-electron chi connectivity index (χ3n) is 2.39. The van der Waals surface area contributed by atoms with E-state index in [0.29, 0.717) is 0 Å². The number of halogens is 2. The van der Waals surface area contributed by atoms with Gasteiger partial charge in [-0.2, -0.15) is 16.8 Å². The molecule has 0 radical (unpaired) electrons. The van der Waals surface area contributed by atoms with Gasteiger partial charge in [-0.1, -0.05) is 18.2 Å². The largest absolute Gasteiger partial charge is 0.295 e.